The van der Waals surface area contributed by atoms with Crippen LogP contribution in [0.1, 0.15) is 63.5 Å². The molecule has 0 aromatic carbocycles. The first kappa shape index (κ1) is 16.4. The van der Waals surface area contributed by atoms with Crippen LogP contribution in [0.25, 0.3) is 0 Å². The van der Waals surface area contributed by atoms with Gasteiger partial charge in [-0.15, -0.1) is 12.4 Å². The summed E-state index contributed by atoms with van der Waals surface area (Å²) < 4.78 is 0. The topological polar surface area (TPSA) is 12.9 Å². The first-order valence-corrected chi connectivity index (χ1v) is 6.79. The second-order valence-electron chi connectivity index (χ2n) is 4.62. The van der Waals surface area contributed by atoms with Crippen LogP contribution in [0.15, 0.2) is 18.5 Å². The Labute approximate surface area is 112 Å². The van der Waals surface area contributed by atoms with Gasteiger partial charge in [-0.1, -0.05) is 45.6 Å². The molecule has 0 saturated carbocycles. The van der Waals surface area contributed by atoms with Gasteiger partial charge in [0.1, 0.15) is 0 Å². The third kappa shape index (κ3) is 7.38. The maximum atomic E-state index is 4.34. The molecule has 0 bridgehead atoms. The van der Waals surface area contributed by atoms with E-state index in [1.54, 1.807) is 0 Å². The summed E-state index contributed by atoms with van der Waals surface area (Å²) in [5.41, 5.74) is 2.84. The van der Waals surface area contributed by atoms with E-state index in [9.17, 15) is 0 Å². The maximum Gasteiger partial charge on any atom is 0.0300 e. The number of halogens is 1. The molecule has 1 rings (SSSR count). The Morgan fingerprint density at radius 2 is 1.29 bits per heavy atom. The molecule has 0 radical (unpaired) electrons. The second-order valence-corrected chi connectivity index (χ2v) is 4.62. The van der Waals surface area contributed by atoms with Gasteiger partial charge in [-0.25, -0.2) is 0 Å². The minimum atomic E-state index is 0. The monoisotopic (exact) mass is 255 g/mol. The molecule has 2 heteroatoms. The fraction of sp³-hybridized carbons (Fsp3) is 0.667. The molecular formula is C15H26ClN. The Hall–Kier alpha value is -0.560. The highest BCUT2D eigenvalue weighted by molar-refractivity contribution is 5.85. The molecule has 0 fully saturated rings. The molecule has 0 aliphatic heterocycles. The Morgan fingerprint density at radius 3 is 1.71 bits per heavy atom. The van der Waals surface area contributed by atoms with Crippen molar-refractivity contribution >= 4 is 12.4 Å². The molecule has 0 aliphatic rings. The Bertz CT molecular complexity index is 261. The van der Waals surface area contributed by atoms with Gasteiger partial charge >= 0.3 is 0 Å². The molecule has 0 saturated heterocycles. The number of pyridine rings is 1. The lowest BCUT2D eigenvalue weighted by molar-refractivity contribution is 0.705. The van der Waals surface area contributed by atoms with Gasteiger partial charge in [0.15, 0.2) is 0 Å². The summed E-state index contributed by atoms with van der Waals surface area (Å²) in [5.74, 6) is 0. The number of rotatable bonds is 8. The number of nitrogens with zero attached hydrogens (tertiary/aromatic N) is 1. The first-order valence-electron chi connectivity index (χ1n) is 6.79. The molecule has 0 atom stereocenters. The minimum absolute atomic E-state index is 0. The Balaban J connectivity index is 0.00000256. The fourth-order valence-corrected chi connectivity index (χ4v) is 1.97. The van der Waals surface area contributed by atoms with Crippen molar-refractivity contribution in [3.8, 4) is 0 Å². The zero-order chi connectivity index (χ0) is 11.6. The average Bonchev–Trinajstić information content (AvgIpc) is 2.30. The minimum Gasteiger partial charge on any atom is -0.264 e. The van der Waals surface area contributed by atoms with Gasteiger partial charge < -0.3 is 0 Å². The van der Waals surface area contributed by atoms with Crippen molar-refractivity contribution < 1.29 is 0 Å². The molecule has 1 aromatic heterocycles. The highest BCUT2D eigenvalue weighted by Crippen LogP contribution is 2.10. The first-order chi connectivity index (χ1) is 7.86. The van der Waals surface area contributed by atoms with E-state index in [1.165, 1.54) is 62.5 Å². The predicted molar refractivity (Wildman–Crippen MR) is 77.9 cm³/mol. The quantitative estimate of drug-likeness (QED) is 0.598. The molecule has 1 aromatic rings. The molecule has 0 N–H and O–H groups in total. The summed E-state index contributed by atoms with van der Waals surface area (Å²) in [7, 11) is 0. The van der Waals surface area contributed by atoms with E-state index in [0.29, 0.717) is 0 Å². The van der Waals surface area contributed by atoms with Gasteiger partial charge in [0, 0.05) is 12.4 Å². The van der Waals surface area contributed by atoms with E-state index < -0.39 is 0 Å². The number of aryl methyl sites for hydroxylation is 2. The largest absolute Gasteiger partial charge is 0.264 e. The van der Waals surface area contributed by atoms with E-state index in [-0.39, 0.29) is 12.4 Å². The summed E-state index contributed by atoms with van der Waals surface area (Å²) in [5, 5.41) is 0. The van der Waals surface area contributed by atoms with Crippen molar-refractivity contribution in [1.29, 1.82) is 0 Å². The number of hydrogen-bond donors (Lipinski definition) is 0. The van der Waals surface area contributed by atoms with Gasteiger partial charge in [0.2, 0.25) is 0 Å². The van der Waals surface area contributed by atoms with Crippen LogP contribution in [-0.4, -0.2) is 4.98 Å². The van der Waals surface area contributed by atoms with Crippen molar-refractivity contribution in [2.24, 2.45) is 0 Å². The van der Waals surface area contributed by atoms with Crippen molar-refractivity contribution in [2.45, 2.75) is 65.2 Å². The summed E-state index contributed by atoms with van der Waals surface area (Å²) in [4.78, 5) is 4.34. The standard InChI is InChI=1S/C15H25N.ClH/c1-3-5-7-9-14-11-15(13-16-12-14)10-8-6-4-2;/h11-13H,3-10H2,1-2H3;1H. The lowest BCUT2D eigenvalue weighted by atomic mass is 10.0. The normalized spacial score (nSPS) is 10.0. The Kier molecular flexibility index (Phi) is 10.2. The lowest BCUT2D eigenvalue weighted by Crippen LogP contribution is -1.92. The van der Waals surface area contributed by atoms with Crippen LogP contribution >= 0.6 is 12.4 Å². The Morgan fingerprint density at radius 1 is 0.824 bits per heavy atom. The third-order valence-corrected chi connectivity index (χ3v) is 2.99. The highest BCUT2D eigenvalue weighted by atomic mass is 35.5. The number of aromatic nitrogens is 1. The van der Waals surface area contributed by atoms with Crippen LogP contribution in [0.4, 0.5) is 0 Å². The van der Waals surface area contributed by atoms with Gasteiger partial charge in [-0.3, -0.25) is 4.98 Å². The molecule has 1 nitrogen and oxygen atoms in total. The zero-order valence-electron chi connectivity index (χ0n) is 11.2. The summed E-state index contributed by atoms with van der Waals surface area (Å²) in [6.07, 6.45) is 14.3. The summed E-state index contributed by atoms with van der Waals surface area (Å²) >= 11 is 0. The summed E-state index contributed by atoms with van der Waals surface area (Å²) in [6.45, 7) is 4.50. The van der Waals surface area contributed by atoms with Crippen LogP contribution in [0.3, 0.4) is 0 Å². The molecule has 17 heavy (non-hydrogen) atoms. The van der Waals surface area contributed by atoms with E-state index in [2.05, 4.69) is 24.9 Å². The number of hydrogen-bond acceptors (Lipinski definition) is 1. The predicted octanol–water partition coefficient (Wildman–Crippen LogP) is 4.97. The van der Waals surface area contributed by atoms with Crippen molar-refractivity contribution in [1.82, 2.24) is 4.98 Å². The fourth-order valence-electron chi connectivity index (χ4n) is 1.97. The molecule has 0 aliphatic carbocycles. The van der Waals surface area contributed by atoms with Crippen molar-refractivity contribution in [3.05, 3.63) is 29.6 Å². The van der Waals surface area contributed by atoms with Gasteiger partial charge in [0.05, 0.1) is 0 Å². The summed E-state index contributed by atoms with van der Waals surface area (Å²) in [6, 6.07) is 2.35. The van der Waals surface area contributed by atoms with E-state index in [1.807, 2.05) is 12.4 Å². The van der Waals surface area contributed by atoms with E-state index in [4.69, 9.17) is 0 Å². The van der Waals surface area contributed by atoms with Gasteiger partial charge in [-0.05, 0) is 36.8 Å². The maximum absolute atomic E-state index is 4.34. The van der Waals surface area contributed by atoms with Crippen LogP contribution in [0.5, 0.6) is 0 Å². The van der Waals surface area contributed by atoms with Crippen LogP contribution < -0.4 is 0 Å². The molecule has 0 spiro atoms. The SMILES string of the molecule is CCCCCc1cncc(CCCCC)c1.Cl. The smallest absolute Gasteiger partial charge is 0.0300 e. The van der Waals surface area contributed by atoms with Gasteiger partial charge in [0.25, 0.3) is 0 Å². The lowest BCUT2D eigenvalue weighted by Gasteiger charge is -2.04. The average molecular weight is 256 g/mol. The van der Waals surface area contributed by atoms with E-state index in [0.717, 1.165) is 0 Å². The second kappa shape index (κ2) is 10.6. The zero-order valence-corrected chi connectivity index (χ0v) is 12.1. The van der Waals surface area contributed by atoms with E-state index >= 15 is 0 Å². The molecule has 98 valence electrons. The molecule has 0 unspecified atom stereocenters. The van der Waals surface area contributed by atoms with Crippen molar-refractivity contribution in [2.75, 3.05) is 0 Å². The number of unbranched alkanes of at least 4 members (excludes halogenated alkanes) is 4. The van der Waals surface area contributed by atoms with Crippen molar-refractivity contribution in [3.63, 3.8) is 0 Å². The van der Waals surface area contributed by atoms with Crippen LogP contribution in [0.2, 0.25) is 0 Å². The highest BCUT2D eigenvalue weighted by Gasteiger charge is 1.97. The van der Waals surface area contributed by atoms with Crippen LogP contribution in [-0.2, 0) is 12.8 Å². The third-order valence-electron chi connectivity index (χ3n) is 2.99. The van der Waals surface area contributed by atoms with Crippen LogP contribution in [0, 0.1) is 0 Å². The molecule has 0 amide bonds. The van der Waals surface area contributed by atoms with Gasteiger partial charge in [-0.2, -0.15) is 0 Å². The molecular weight excluding hydrogens is 230 g/mol. The molecule has 1 heterocycles.